The molecule has 5 nitrogen and oxygen atoms in total. The second kappa shape index (κ2) is 5.48. The van der Waals surface area contributed by atoms with Gasteiger partial charge in [0.15, 0.2) is 0 Å². The van der Waals surface area contributed by atoms with Crippen LogP contribution in [0.2, 0.25) is 0 Å². The number of hydrogen-bond donors (Lipinski definition) is 2. The number of aromatic nitrogens is 1. The zero-order valence-electron chi connectivity index (χ0n) is 10.5. The summed E-state index contributed by atoms with van der Waals surface area (Å²) in [6.07, 6.45) is 1.79. The molecule has 19 heavy (non-hydrogen) atoms. The summed E-state index contributed by atoms with van der Waals surface area (Å²) < 4.78 is 0. The molecular weight excluding hydrogens is 244 g/mol. The summed E-state index contributed by atoms with van der Waals surface area (Å²) in [5, 5.41) is 12.2. The first-order valence-electron chi connectivity index (χ1n) is 6.00. The third-order valence-corrected chi connectivity index (χ3v) is 2.86. The molecule has 5 heteroatoms. The molecule has 0 aliphatic rings. The highest BCUT2D eigenvalue weighted by Crippen LogP contribution is 2.12. The molecule has 0 fully saturated rings. The van der Waals surface area contributed by atoms with Gasteiger partial charge < -0.3 is 10.4 Å². The summed E-state index contributed by atoms with van der Waals surface area (Å²) in [5.41, 5.74) is 1.16. The second-order valence-corrected chi connectivity index (χ2v) is 4.19. The van der Waals surface area contributed by atoms with Gasteiger partial charge in [0.25, 0.3) is 5.91 Å². The van der Waals surface area contributed by atoms with Crippen LogP contribution in [0.4, 0.5) is 0 Å². The molecule has 1 aromatic carbocycles. The number of carbonyl (C=O) groups excluding carboxylic acids is 1. The minimum Gasteiger partial charge on any atom is -0.480 e. The van der Waals surface area contributed by atoms with E-state index in [1.807, 2.05) is 24.3 Å². The Morgan fingerprint density at radius 2 is 2.11 bits per heavy atom. The molecule has 0 bridgehead atoms. The summed E-state index contributed by atoms with van der Waals surface area (Å²) in [4.78, 5) is 27.0. The fourth-order valence-corrected chi connectivity index (χ4v) is 1.78. The summed E-state index contributed by atoms with van der Waals surface area (Å²) >= 11 is 0. The third-order valence-electron chi connectivity index (χ3n) is 2.86. The average molecular weight is 258 g/mol. The van der Waals surface area contributed by atoms with Gasteiger partial charge in [-0.3, -0.25) is 9.78 Å². The summed E-state index contributed by atoms with van der Waals surface area (Å²) in [5.74, 6) is -1.46. The van der Waals surface area contributed by atoms with Gasteiger partial charge in [-0.1, -0.05) is 25.1 Å². The number of pyridine rings is 1. The molecule has 2 rings (SSSR count). The zero-order chi connectivity index (χ0) is 13.8. The van der Waals surface area contributed by atoms with Gasteiger partial charge in [0.05, 0.1) is 11.1 Å². The lowest BCUT2D eigenvalue weighted by molar-refractivity contribution is -0.139. The average Bonchev–Trinajstić information content (AvgIpc) is 2.43. The summed E-state index contributed by atoms with van der Waals surface area (Å²) in [6, 6.07) is 8.26. The number of hydrogen-bond acceptors (Lipinski definition) is 3. The van der Waals surface area contributed by atoms with Crippen molar-refractivity contribution in [1.82, 2.24) is 10.3 Å². The highest BCUT2D eigenvalue weighted by Gasteiger charge is 2.18. The summed E-state index contributed by atoms with van der Waals surface area (Å²) in [7, 11) is 0. The van der Waals surface area contributed by atoms with Crippen LogP contribution >= 0.6 is 0 Å². The molecule has 1 heterocycles. The maximum atomic E-state index is 11.9. The molecule has 0 saturated carbocycles. The van der Waals surface area contributed by atoms with Crippen LogP contribution in [-0.2, 0) is 4.79 Å². The number of nitrogens with zero attached hydrogens (tertiary/aromatic N) is 1. The maximum Gasteiger partial charge on any atom is 0.326 e. The van der Waals surface area contributed by atoms with E-state index in [1.165, 1.54) is 6.20 Å². The predicted molar refractivity (Wildman–Crippen MR) is 70.9 cm³/mol. The molecule has 0 saturated heterocycles. The smallest absolute Gasteiger partial charge is 0.326 e. The Bertz CT molecular complexity index is 625. The van der Waals surface area contributed by atoms with Gasteiger partial charge in [0.2, 0.25) is 0 Å². The lowest BCUT2D eigenvalue weighted by Gasteiger charge is -2.12. The van der Waals surface area contributed by atoms with Gasteiger partial charge in [-0.05, 0) is 18.6 Å². The van der Waals surface area contributed by atoms with Crippen LogP contribution in [0.25, 0.3) is 10.9 Å². The minimum absolute atomic E-state index is 0.335. The number of nitrogens with one attached hydrogen (secondary N) is 1. The number of carbonyl (C=O) groups is 2. The second-order valence-electron chi connectivity index (χ2n) is 4.19. The van der Waals surface area contributed by atoms with E-state index in [4.69, 9.17) is 5.11 Å². The number of benzene rings is 1. The highest BCUT2D eigenvalue weighted by molar-refractivity contribution is 5.98. The van der Waals surface area contributed by atoms with Crippen molar-refractivity contribution in [3.05, 3.63) is 42.1 Å². The Hall–Kier alpha value is -2.43. The van der Waals surface area contributed by atoms with E-state index < -0.39 is 17.9 Å². The lowest BCUT2D eigenvalue weighted by atomic mass is 10.1. The van der Waals surface area contributed by atoms with E-state index >= 15 is 0 Å². The highest BCUT2D eigenvalue weighted by atomic mass is 16.4. The summed E-state index contributed by atoms with van der Waals surface area (Å²) in [6.45, 7) is 1.71. The lowest BCUT2D eigenvalue weighted by Crippen LogP contribution is -2.40. The van der Waals surface area contributed by atoms with Crippen LogP contribution in [0, 0.1) is 0 Å². The zero-order valence-corrected chi connectivity index (χ0v) is 10.5. The molecular formula is C14H14N2O3. The number of carboxylic acid groups (broad SMARTS) is 1. The van der Waals surface area contributed by atoms with Gasteiger partial charge in [0, 0.05) is 11.6 Å². The molecule has 2 aromatic rings. The quantitative estimate of drug-likeness (QED) is 0.876. The van der Waals surface area contributed by atoms with Gasteiger partial charge >= 0.3 is 5.97 Å². The van der Waals surface area contributed by atoms with Crippen molar-refractivity contribution in [2.45, 2.75) is 19.4 Å². The molecule has 1 aromatic heterocycles. The fourth-order valence-electron chi connectivity index (χ4n) is 1.78. The van der Waals surface area contributed by atoms with Crippen molar-refractivity contribution in [1.29, 1.82) is 0 Å². The third kappa shape index (κ3) is 2.88. The largest absolute Gasteiger partial charge is 0.480 e. The number of fused-ring (bicyclic) bond motifs is 1. The Kier molecular flexibility index (Phi) is 3.75. The van der Waals surface area contributed by atoms with E-state index in [2.05, 4.69) is 10.3 Å². The van der Waals surface area contributed by atoms with Gasteiger partial charge in [-0.15, -0.1) is 0 Å². The van der Waals surface area contributed by atoms with Crippen molar-refractivity contribution in [3.63, 3.8) is 0 Å². The number of aliphatic carboxylic acids is 1. The minimum atomic E-state index is -1.04. The standard InChI is InChI=1S/C14H14N2O3/c1-2-11(14(18)19)16-13(17)10-7-9-5-3-4-6-12(9)15-8-10/h3-8,11H,2H2,1H3,(H,16,17)(H,18,19)/t11-/m0/s1. The van der Waals surface area contributed by atoms with Crippen LogP contribution in [-0.4, -0.2) is 28.0 Å². The van der Waals surface area contributed by atoms with Gasteiger partial charge in [-0.25, -0.2) is 4.79 Å². The fraction of sp³-hybridized carbons (Fsp3) is 0.214. The van der Waals surface area contributed by atoms with Gasteiger partial charge in [0.1, 0.15) is 6.04 Å². The molecule has 98 valence electrons. The Morgan fingerprint density at radius 1 is 1.37 bits per heavy atom. The topological polar surface area (TPSA) is 79.3 Å². The van der Waals surface area contributed by atoms with E-state index in [-0.39, 0.29) is 0 Å². The SMILES string of the molecule is CC[C@H](NC(=O)c1cnc2ccccc2c1)C(=O)O. The normalized spacial score (nSPS) is 12.1. The number of para-hydroxylation sites is 1. The van der Waals surface area contributed by atoms with Crippen molar-refractivity contribution in [2.24, 2.45) is 0 Å². The Balaban J connectivity index is 2.24. The molecule has 1 amide bonds. The van der Waals surface area contributed by atoms with Crippen LogP contribution in [0.3, 0.4) is 0 Å². The molecule has 0 aliphatic carbocycles. The first-order chi connectivity index (χ1) is 9.11. The molecule has 2 N–H and O–H groups in total. The first kappa shape index (κ1) is 13.0. The van der Waals surface area contributed by atoms with Crippen LogP contribution < -0.4 is 5.32 Å². The van der Waals surface area contributed by atoms with Crippen LogP contribution in [0.5, 0.6) is 0 Å². The van der Waals surface area contributed by atoms with Crippen molar-refractivity contribution in [2.75, 3.05) is 0 Å². The molecule has 0 spiro atoms. The molecule has 0 radical (unpaired) electrons. The van der Waals surface area contributed by atoms with Gasteiger partial charge in [-0.2, -0.15) is 0 Å². The van der Waals surface area contributed by atoms with Crippen molar-refractivity contribution >= 4 is 22.8 Å². The van der Waals surface area contributed by atoms with E-state index in [0.717, 1.165) is 10.9 Å². The van der Waals surface area contributed by atoms with E-state index in [1.54, 1.807) is 13.0 Å². The first-order valence-corrected chi connectivity index (χ1v) is 6.00. The Labute approximate surface area is 110 Å². The molecule has 0 unspecified atom stereocenters. The van der Waals surface area contributed by atoms with E-state index in [0.29, 0.717) is 12.0 Å². The monoisotopic (exact) mass is 258 g/mol. The number of carboxylic acids is 1. The van der Waals surface area contributed by atoms with E-state index in [9.17, 15) is 9.59 Å². The molecule has 0 aliphatic heterocycles. The number of amides is 1. The number of rotatable bonds is 4. The van der Waals surface area contributed by atoms with Crippen molar-refractivity contribution in [3.8, 4) is 0 Å². The Morgan fingerprint density at radius 3 is 2.79 bits per heavy atom. The van der Waals surface area contributed by atoms with Crippen LogP contribution in [0.15, 0.2) is 36.5 Å². The molecule has 1 atom stereocenters. The van der Waals surface area contributed by atoms with Crippen LogP contribution in [0.1, 0.15) is 23.7 Å². The maximum absolute atomic E-state index is 11.9. The predicted octanol–water partition coefficient (Wildman–Crippen LogP) is 1.83. The van der Waals surface area contributed by atoms with Crippen molar-refractivity contribution < 1.29 is 14.7 Å².